The number of benzene rings is 2. The molecule has 140 valence electrons. The van der Waals surface area contributed by atoms with E-state index in [0.717, 1.165) is 10.9 Å². The molecule has 0 spiro atoms. The Hall–Kier alpha value is -1.92. The summed E-state index contributed by atoms with van der Waals surface area (Å²) in [6.07, 6.45) is 1.16. The fourth-order valence-corrected chi connectivity index (χ4v) is 4.60. The van der Waals surface area contributed by atoms with Crippen molar-refractivity contribution in [1.29, 1.82) is 0 Å². The van der Waals surface area contributed by atoms with Gasteiger partial charge in [0.2, 0.25) is 15.9 Å². The lowest BCUT2D eigenvalue weighted by Crippen LogP contribution is -2.43. The molecule has 3 rings (SSSR count). The van der Waals surface area contributed by atoms with Crippen LogP contribution in [0.5, 0.6) is 0 Å². The highest BCUT2D eigenvalue weighted by Gasteiger charge is 2.30. The van der Waals surface area contributed by atoms with Crippen molar-refractivity contribution in [2.45, 2.75) is 32.7 Å². The molecular formula is C20H26N2O3S. The highest BCUT2D eigenvalue weighted by atomic mass is 32.2. The summed E-state index contributed by atoms with van der Waals surface area (Å²) in [5, 5.41) is 5.43. The number of nitrogens with one attached hydrogen (secondary N) is 1. The number of hydrogen-bond donors (Lipinski definition) is 1. The van der Waals surface area contributed by atoms with Crippen LogP contribution in [0, 0.1) is 5.92 Å². The third kappa shape index (κ3) is 4.07. The summed E-state index contributed by atoms with van der Waals surface area (Å²) in [6.45, 7) is 4.50. The number of sulfonamides is 1. The molecule has 2 aromatic carbocycles. The van der Waals surface area contributed by atoms with E-state index in [2.05, 4.69) is 29.6 Å². The first-order chi connectivity index (χ1) is 12.4. The summed E-state index contributed by atoms with van der Waals surface area (Å²) in [7, 11) is -3.16. The van der Waals surface area contributed by atoms with Crippen LogP contribution in [0.2, 0.25) is 0 Å². The molecule has 1 atom stereocenters. The van der Waals surface area contributed by atoms with Crippen LogP contribution in [-0.4, -0.2) is 37.5 Å². The SMILES string of the molecule is CCS(=O)(=O)N1CCC(C(=O)NC(C)c2ccc3ccccc3c2)CC1. The third-order valence-electron chi connectivity index (χ3n) is 5.22. The Labute approximate surface area is 155 Å². The van der Waals surface area contributed by atoms with Gasteiger partial charge in [-0.25, -0.2) is 12.7 Å². The van der Waals surface area contributed by atoms with Gasteiger partial charge in [0.15, 0.2) is 0 Å². The lowest BCUT2D eigenvalue weighted by molar-refractivity contribution is -0.126. The summed E-state index contributed by atoms with van der Waals surface area (Å²) in [6, 6.07) is 14.3. The minimum absolute atomic E-state index is 0.0132. The van der Waals surface area contributed by atoms with Crippen molar-refractivity contribution in [2.24, 2.45) is 5.92 Å². The predicted molar refractivity (Wildman–Crippen MR) is 104 cm³/mol. The highest BCUT2D eigenvalue weighted by Crippen LogP contribution is 2.23. The lowest BCUT2D eigenvalue weighted by Gasteiger charge is -2.31. The van der Waals surface area contributed by atoms with E-state index in [1.807, 2.05) is 25.1 Å². The van der Waals surface area contributed by atoms with Gasteiger partial charge >= 0.3 is 0 Å². The van der Waals surface area contributed by atoms with E-state index in [0.29, 0.717) is 25.9 Å². The summed E-state index contributed by atoms with van der Waals surface area (Å²) in [4.78, 5) is 12.6. The fraction of sp³-hybridized carbons (Fsp3) is 0.450. The minimum atomic E-state index is -3.16. The average molecular weight is 375 g/mol. The zero-order valence-corrected chi connectivity index (χ0v) is 16.1. The smallest absolute Gasteiger partial charge is 0.223 e. The standard InChI is InChI=1S/C20H26N2O3S/c1-3-26(24,25)22-12-10-17(11-13-22)20(23)21-15(2)18-9-8-16-6-4-5-7-19(16)14-18/h4-9,14-15,17H,3,10-13H2,1-2H3,(H,21,23). The van der Waals surface area contributed by atoms with Crippen molar-refractivity contribution in [3.63, 3.8) is 0 Å². The molecule has 2 aromatic rings. The van der Waals surface area contributed by atoms with Crippen LogP contribution in [0.3, 0.4) is 0 Å². The van der Waals surface area contributed by atoms with Crippen molar-refractivity contribution in [2.75, 3.05) is 18.8 Å². The Balaban J connectivity index is 1.61. The number of rotatable bonds is 5. The number of piperidine rings is 1. The van der Waals surface area contributed by atoms with Crippen LogP contribution in [0.4, 0.5) is 0 Å². The molecule has 1 heterocycles. The maximum absolute atomic E-state index is 12.6. The monoisotopic (exact) mass is 374 g/mol. The molecule has 1 amide bonds. The molecule has 0 bridgehead atoms. The Morgan fingerprint density at radius 3 is 2.46 bits per heavy atom. The molecule has 0 aliphatic carbocycles. The van der Waals surface area contributed by atoms with E-state index < -0.39 is 10.0 Å². The molecule has 0 aromatic heterocycles. The van der Waals surface area contributed by atoms with Crippen molar-refractivity contribution in [3.8, 4) is 0 Å². The van der Waals surface area contributed by atoms with E-state index in [-0.39, 0.29) is 23.6 Å². The highest BCUT2D eigenvalue weighted by molar-refractivity contribution is 7.89. The van der Waals surface area contributed by atoms with E-state index in [1.54, 1.807) is 6.92 Å². The van der Waals surface area contributed by atoms with Crippen LogP contribution in [0.1, 0.15) is 38.3 Å². The van der Waals surface area contributed by atoms with E-state index in [4.69, 9.17) is 0 Å². The van der Waals surface area contributed by atoms with Crippen LogP contribution in [0.15, 0.2) is 42.5 Å². The number of amides is 1. The summed E-state index contributed by atoms with van der Waals surface area (Å²) in [5.41, 5.74) is 1.07. The molecule has 26 heavy (non-hydrogen) atoms. The van der Waals surface area contributed by atoms with E-state index in [9.17, 15) is 13.2 Å². The molecule has 5 nitrogen and oxygen atoms in total. The molecule has 1 saturated heterocycles. The molecule has 1 N–H and O–H groups in total. The van der Waals surface area contributed by atoms with Gasteiger partial charge in [-0.2, -0.15) is 0 Å². The number of carbonyl (C=O) groups excluding carboxylic acids is 1. The van der Waals surface area contributed by atoms with Gasteiger partial charge in [-0.15, -0.1) is 0 Å². The molecule has 1 aliphatic rings. The largest absolute Gasteiger partial charge is 0.349 e. The Morgan fingerprint density at radius 1 is 1.15 bits per heavy atom. The Kier molecular flexibility index (Phi) is 5.63. The first-order valence-corrected chi connectivity index (χ1v) is 10.8. The molecule has 1 fully saturated rings. The first kappa shape index (κ1) is 18.9. The van der Waals surface area contributed by atoms with Gasteiger partial charge < -0.3 is 5.32 Å². The second kappa shape index (κ2) is 7.76. The molecule has 6 heteroatoms. The van der Waals surface area contributed by atoms with E-state index >= 15 is 0 Å². The van der Waals surface area contributed by atoms with Gasteiger partial charge in [0, 0.05) is 19.0 Å². The summed E-state index contributed by atoms with van der Waals surface area (Å²) < 4.78 is 25.4. The second-order valence-electron chi connectivity index (χ2n) is 6.91. The fourth-order valence-electron chi connectivity index (χ4n) is 3.47. The average Bonchev–Trinajstić information content (AvgIpc) is 2.67. The van der Waals surface area contributed by atoms with Gasteiger partial charge in [-0.1, -0.05) is 36.4 Å². The molecular weight excluding hydrogens is 348 g/mol. The van der Waals surface area contributed by atoms with Gasteiger partial charge in [-0.3, -0.25) is 4.79 Å². The van der Waals surface area contributed by atoms with Crippen molar-refractivity contribution < 1.29 is 13.2 Å². The predicted octanol–water partition coefficient (Wildman–Crippen LogP) is 3.08. The Morgan fingerprint density at radius 2 is 1.81 bits per heavy atom. The lowest BCUT2D eigenvalue weighted by atomic mass is 9.96. The normalized spacial score (nSPS) is 17.9. The van der Waals surface area contributed by atoms with Crippen LogP contribution in [0.25, 0.3) is 10.8 Å². The summed E-state index contributed by atoms with van der Waals surface area (Å²) >= 11 is 0. The Bertz CT molecular complexity index is 887. The minimum Gasteiger partial charge on any atom is -0.349 e. The van der Waals surface area contributed by atoms with Crippen LogP contribution < -0.4 is 5.32 Å². The van der Waals surface area contributed by atoms with Crippen molar-refractivity contribution >= 4 is 26.7 Å². The zero-order chi connectivity index (χ0) is 18.7. The van der Waals surface area contributed by atoms with Gasteiger partial charge in [-0.05, 0) is 49.1 Å². The van der Waals surface area contributed by atoms with Gasteiger partial charge in [0.1, 0.15) is 0 Å². The molecule has 1 unspecified atom stereocenters. The second-order valence-corrected chi connectivity index (χ2v) is 9.17. The van der Waals surface area contributed by atoms with Crippen molar-refractivity contribution in [3.05, 3.63) is 48.0 Å². The van der Waals surface area contributed by atoms with E-state index in [1.165, 1.54) is 9.69 Å². The number of carbonyl (C=O) groups is 1. The topological polar surface area (TPSA) is 66.5 Å². The molecule has 0 radical (unpaired) electrons. The maximum atomic E-state index is 12.6. The van der Waals surface area contributed by atoms with Crippen LogP contribution in [-0.2, 0) is 14.8 Å². The maximum Gasteiger partial charge on any atom is 0.223 e. The quantitative estimate of drug-likeness (QED) is 0.875. The first-order valence-electron chi connectivity index (χ1n) is 9.17. The van der Waals surface area contributed by atoms with Gasteiger partial charge in [0.25, 0.3) is 0 Å². The third-order valence-corrected chi connectivity index (χ3v) is 7.10. The van der Waals surface area contributed by atoms with Crippen molar-refractivity contribution in [1.82, 2.24) is 9.62 Å². The molecule has 0 saturated carbocycles. The van der Waals surface area contributed by atoms with Crippen LogP contribution >= 0.6 is 0 Å². The number of hydrogen-bond acceptors (Lipinski definition) is 3. The number of fused-ring (bicyclic) bond motifs is 1. The zero-order valence-electron chi connectivity index (χ0n) is 15.3. The number of nitrogens with zero attached hydrogens (tertiary/aromatic N) is 1. The summed E-state index contributed by atoms with van der Waals surface area (Å²) in [5.74, 6) is 0.00322. The molecule has 1 aliphatic heterocycles. The van der Waals surface area contributed by atoms with Gasteiger partial charge in [0.05, 0.1) is 11.8 Å².